The molecule has 78 valence electrons. The molecule has 0 aliphatic heterocycles. The van der Waals surface area contributed by atoms with Gasteiger partial charge in [0.2, 0.25) is 5.88 Å². The molecule has 4 heteroatoms. The van der Waals surface area contributed by atoms with Crippen LogP contribution in [-0.4, -0.2) is 17.1 Å². The van der Waals surface area contributed by atoms with E-state index in [0.29, 0.717) is 11.4 Å². The number of hydrogen-bond donors (Lipinski definition) is 1. The van der Waals surface area contributed by atoms with Crippen LogP contribution in [0, 0.1) is 11.3 Å². The van der Waals surface area contributed by atoms with Crippen LogP contribution in [0.5, 0.6) is 5.88 Å². The zero-order valence-corrected chi connectivity index (χ0v) is 8.39. The summed E-state index contributed by atoms with van der Waals surface area (Å²) in [6.45, 7) is 0. The van der Waals surface area contributed by atoms with Crippen LogP contribution >= 0.6 is 0 Å². The molecular formula is C11H13N3O. The van der Waals surface area contributed by atoms with E-state index in [-0.39, 0.29) is 12.1 Å². The Kier molecular flexibility index (Phi) is 2.84. The number of hydrogen-bond acceptors (Lipinski definition) is 4. The van der Waals surface area contributed by atoms with E-state index in [0.717, 1.165) is 19.3 Å². The Morgan fingerprint density at radius 2 is 2.40 bits per heavy atom. The van der Waals surface area contributed by atoms with Crippen molar-refractivity contribution < 1.29 is 4.74 Å². The fourth-order valence-corrected chi connectivity index (χ4v) is 1.80. The van der Waals surface area contributed by atoms with Crippen molar-refractivity contribution in [1.82, 2.24) is 4.98 Å². The van der Waals surface area contributed by atoms with E-state index in [1.807, 2.05) is 0 Å². The van der Waals surface area contributed by atoms with Crippen LogP contribution in [-0.2, 0) is 0 Å². The quantitative estimate of drug-likeness (QED) is 0.784. The first-order valence-electron chi connectivity index (χ1n) is 5.08. The molecule has 1 aromatic rings. The molecule has 0 radical (unpaired) electrons. The van der Waals surface area contributed by atoms with Crippen molar-refractivity contribution >= 4 is 0 Å². The van der Waals surface area contributed by atoms with E-state index in [1.165, 1.54) is 0 Å². The van der Waals surface area contributed by atoms with Crippen LogP contribution in [0.15, 0.2) is 18.3 Å². The number of nitriles is 1. The Balaban J connectivity index is 2.07. The van der Waals surface area contributed by atoms with Gasteiger partial charge in [0.15, 0.2) is 0 Å². The average molecular weight is 203 g/mol. The molecule has 1 heterocycles. The number of rotatable bonds is 2. The zero-order valence-electron chi connectivity index (χ0n) is 8.39. The summed E-state index contributed by atoms with van der Waals surface area (Å²) in [5.41, 5.74) is 6.44. The standard InChI is InChI=1S/C11H13N3O/c12-7-8-4-5-14-11(6-8)15-10-3-1-2-9(10)13/h4-6,9-10H,1-3,13H2. The second-order valence-electron chi connectivity index (χ2n) is 3.75. The minimum absolute atomic E-state index is 0.0476. The summed E-state index contributed by atoms with van der Waals surface area (Å²) in [5.74, 6) is 0.497. The highest BCUT2D eigenvalue weighted by molar-refractivity contribution is 5.31. The SMILES string of the molecule is N#Cc1ccnc(OC2CCCC2N)c1. The van der Waals surface area contributed by atoms with Gasteiger partial charge in [-0.1, -0.05) is 0 Å². The third-order valence-corrected chi connectivity index (χ3v) is 2.64. The maximum Gasteiger partial charge on any atom is 0.214 e. The predicted molar refractivity (Wildman–Crippen MR) is 55.2 cm³/mol. The summed E-state index contributed by atoms with van der Waals surface area (Å²) in [5, 5.41) is 8.72. The third-order valence-electron chi connectivity index (χ3n) is 2.64. The molecule has 1 aliphatic carbocycles. The minimum Gasteiger partial charge on any atom is -0.473 e. The average Bonchev–Trinajstić information content (AvgIpc) is 2.65. The lowest BCUT2D eigenvalue weighted by Gasteiger charge is -2.16. The van der Waals surface area contributed by atoms with Gasteiger partial charge in [-0.05, 0) is 25.3 Å². The number of aromatic nitrogens is 1. The molecule has 0 spiro atoms. The lowest BCUT2D eigenvalue weighted by molar-refractivity contribution is 0.184. The fraction of sp³-hybridized carbons (Fsp3) is 0.455. The highest BCUT2D eigenvalue weighted by Gasteiger charge is 2.25. The van der Waals surface area contributed by atoms with Crippen molar-refractivity contribution in [3.05, 3.63) is 23.9 Å². The van der Waals surface area contributed by atoms with Crippen molar-refractivity contribution in [2.45, 2.75) is 31.4 Å². The zero-order chi connectivity index (χ0) is 10.7. The predicted octanol–water partition coefficient (Wildman–Crippen LogP) is 1.21. The summed E-state index contributed by atoms with van der Waals surface area (Å²) >= 11 is 0. The fourth-order valence-electron chi connectivity index (χ4n) is 1.80. The van der Waals surface area contributed by atoms with Gasteiger partial charge in [-0.15, -0.1) is 0 Å². The van der Waals surface area contributed by atoms with Crippen LogP contribution in [0.3, 0.4) is 0 Å². The maximum atomic E-state index is 8.72. The number of pyridine rings is 1. The second-order valence-corrected chi connectivity index (χ2v) is 3.75. The third kappa shape index (κ3) is 2.25. The highest BCUT2D eigenvalue weighted by Crippen LogP contribution is 2.22. The van der Waals surface area contributed by atoms with Crippen molar-refractivity contribution in [3.63, 3.8) is 0 Å². The van der Waals surface area contributed by atoms with Crippen molar-refractivity contribution in [1.29, 1.82) is 5.26 Å². The van der Waals surface area contributed by atoms with Crippen LogP contribution in [0.1, 0.15) is 24.8 Å². The van der Waals surface area contributed by atoms with Gasteiger partial charge < -0.3 is 10.5 Å². The first kappa shape index (κ1) is 9.94. The molecule has 1 aliphatic rings. The molecule has 2 unspecified atom stereocenters. The summed E-state index contributed by atoms with van der Waals surface area (Å²) in [4.78, 5) is 4.06. The molecule has 2 rings (SSSR count). The van der Waals surface area contributed by atoms with E-state index < -0.39 is 0 Å². The van der Waals surface area contributed by atoms with Crippen molar-refractivity contribution in [3.8, 4) is 11.9 Å². The van der Waals surface area contributed by atoms with Crippen LogP contribution in [0.4, 0.5) is 0 Å². The Hall–Kier alpha value is -1.60. The van der Waals surface area contributed by atoms with E-state index in [2.05, 4.69) is 11.1 Å². The largest absolute Gasteiger partial charge is 0.473 e. The molecule has 1 aromatic heterocycles. The minimum atomic E-state index is 0.0476. The van der Waals surface area contributed by atoms with Crippen molar-refractivity contribution in [2.24, 2.45) is 5.73 Å². The molecule has 1 saturated carbocycles. The van der Waals surface area contributed by atoms with E-state index in [1.54, 1.807) is 18.3 Å². The molecule has 0 aromatic carbocycles. The molecule has 0 saturated heterocycles. The van der Waals surface area contributed by atoms with E-state index >= 15 is 0 Å². The van der Waals surface area contributed by atoms with Gasteiger partial charge in [0.05, 0.1) is 11.6 Å². The van der Waals surface area contributed by atoms with Gasteiger partial charge in [0.1, 0.15) is 6.10 Å². The summed E-state index contributed by atoms with van der Waals surface area (Å²) in [6, 6.07) is 5.45. The van der Waals surface area contributed by atoms with Crippen LogP contribution < -0.4 is 10.5 Å². The molecule has 15 heavy (non-hydrogen) atoms. The Morgan fingerprint density at radius 3 is 3.07 bits per heavy atom. The lowest BCUT2D eigenvalue weighted by atomic mass is 10.2. The molecule has 0 bridgehead atoms. The van der Waals surface area contributed by atoms with Gasteiger partial charge in [-0.25, -0.2) is 4.98 Å². The van der Waals surface area contributed by atoms with Crippen LogP contribution in [0.2, 0.25) is 0 Å². The first-order valence-corrected chi connectivity index (χ1v) is 5.08. The number of nitrogens with zero attached hydrogens (tertiary/aromatic N) is 2. The molecule has 0 amide bonds. The topological polar surface area (TPSA) is 71.9 Å². The molecule has 1 fully saturated rings. The van der Waals surface area contributed by atoms with Gasteiger partial charge >= 0.3 is 0 Å². The summed E-state index contributed by atoms with van der Waals surface area (Å²) in [6.07, 6.45) is 4.70. The smallest absolute Gasteiger partial charge is 0.214 e. The molecular weight excluding hydrogens is 190 g/mol. The molecule has 2 N–H and O–H groups in total. The Bertz CT molecular complexity index is 386. The van der Waals surface area contributed by atoms with Gasteiger partial charge in [-0.2, -0.15) is 5.26 Å². The van der Waals surface area contributed by atoms with Gasteiger partial charge in [-0.3, -0.25) is 0 Å². The highest BCUT2D eigenvalue weighted by atomic mass is 16.5. The van der Waals surface area contributed by atoms with E-state index in [9.17, 15) is 0 Å². The van der Waals surface area contributed by atoms with Gasteiger partial charge in [0, 0.05) is 18.3 Å². The molecule has 4 nitrogen and oxygen atoms in total. The number of nitrogens with two attached hydrogens (primary N) is 1. The number of ether oxygens (including phenoxy) is 1. The van der Waals surface area contributed by atoms with Gasteiger partial charge in [0.25, 0.3) is 0 Å². The Morgan fingerprint density at radius 1 is 1.53 bits per heavy atom. The monoisotopic (exact) mass is 203 g/mol. The molecule has 2 atom stereocenters. The summed E-state index contributed by atoms with van der Waals surface area (Å²) < 4.78 is 5.64. The van der Waals surface area contributed by atoms with E-state index in [4.69, 9.17) is 15.7 Å². The second kappa shape index (κ2) is 4.28. The van der Waals surface area contributed by atoms with Crippen molar-refractivity contribution in [2.75, 3.05) is 0 Å². The summed E-state index contributed by atoms with van der Waals surface area (Å²) in [7, 11) is 0. The lowest BCUT2D eigenvalue weighted by Crippen LogP contribution is -2.33. The van der Waals surface area contributed by atoms with Crippen LogP contribution in [0.25, 0.3) is 0 Å². The Labute approximate surface area is 88.7 Å². The first-order chi connectivity index (χ1) is 7.29. The normalized spacial score (nSPS) is 24.8. The maximum absolute atomic E-state index is 8.72.